The lowest BCUT2D eigenvalue weighted by Crippen LogP contribution is -2.38. The van der Waals surface area contributed by atoms with E-state index in [9.17, 15) is 9.59 Å². The number of nitrogens with one attached hydrogen (secondary N) is 2. The molecule has 160 valence electrons. The molecule has 0 unspecified atom stereocenters. The van der Waals surface area contributed by atoms with Gasteiger partial charge in [-0.2, -0.15) is 0 Å². The van der Waals surface area contributed by atoms with Crippen LogP contribution in [-0.2, 0) is 19.7 Å². The van der Waals surface area contributed by atoms with Gasteiger partial charge in [-0.05, 0) is 54.8 Å². The Kier molecular flexibility index (Phi) is 6.95. The van der Waals surface area contributed by atoms with Crippen LogP contribution >= 0.6 is 0 Å². The molecule has 2 aromatic rings. The fraction of sp³-hybridized carbons (Fsp3) is 0.391. The molecule has 0 aliphatic heterocycles. The van der Waals surface area contributed by atoms with Gasteiger partial charge in [-0.3, -0.25) is 9.59 Å². The molecule has 2 amide bonds. The maximum absolute atomic E-state index is 13.4. The van der Waals surface area contributed by atoms with Crippen molar-refractivity contribution in [3.05, 3.63) is 48.0 Å². The predicted octanol–water partition coefficient (Wildman–Crippen LogP) is 3.74. The van der Waals surface area contributed by atoms with Crippen LogP contribution in [-0.4, -0.2) is 39.8 Å². The number of hydrogen-bond donors (Lipinski definition) is 2. The van der Waals surface area contributed by atoms with Crippen LogP contribution in [0.25, 0.3) is 0 Å². The highest BCUT2D eigenvalue weighted by Crippen LogP contribution is 2.44. The van der Waals surface area contributed by atoms with Crippen LogP contribution in [0.2, 0.25) is 0 Å². The molecule has 0 heterocycles. The molecule has 0 radical (unpaired) electrons. The zero-order valence-corrected chi connectivity index (χ0v) is 17.6. The summed E-state index contributed by atoms with van der Waals surface area (Å²) < 4.78 is 15.6. The van der Waals surface area contributed by atoms with E-state index in [-0.39, 0.29) is 18.4 Å². The second kappa shape index (κ2) is 9.63. The number of carbonyl (C=O) groups is 2. The van der Waals surface area contributed by atoms with Gasteiger partial charge in [-0.25, -0.2) is 0 Å². The summed E-state index contributed by atoms with van der Waals surface area (Å²) in [5.74, 6) is 0.988. The van der Waals surface area contributed by atoms with Crippen molar-refractivity contribution in [3.63, 3.8) is 0 Å². The van der Waals surface area contributed by atoms with Gasteiger partial charge in [-0.15, -0.1) is 0 Å². The van der Waals surface area contributed by atoms with Crippen LogP contribution in [0.15, 0.2) is 42.5 Å². The lowest BCUT2D eigenvalue weighted by Gasteiger charge is -2.29. The molecule has 1 aliphatic carbocycles. The van der Waals surface area contributed by atoms with Crippen LogP contribution in [0.4, 0.5) is 11.4 Å². The molecule has 3 rings (SSSR count). The SMILES string of the molecule is COCC(=O)Nc1ccc(NC(=O)C2(c3ccc(OC)c(OC)c3)CCCC2)cc1. The normalized spacial score (nSPS) is 14.8. The summed E-state index contributed by atoms with van der Waals surface area (Å²) in [6.45, 7) is -0.00761. The lowest BCUT2D eigenvalue weighted by atomic mass is 9.77. The quantitative estimate of drug-likeness (QED) is 0.690. The summed E-state index contributed by atoms with van der Waals surface area (Å²) in [4.78, 5) is 25.0. The van der Waals surface area contributed by atoms with Crippen molar-refractivity contribution in [2.45, 2.75) is 31.1 Å². The Morgan fingerprint density at radius 3 is 2.03 bits per heavy atom. The predicted molar refractivity (Wildman–Crippen MR) is 115 cm³/mol. The van der Waals surface area contributed by atoms with E-state index in [1.54, 1.807) is 38.5 Å². The molecule has 0 atom stereocenters. The Labute approximate surface area is 176 Å². The van der Waals surface area contributed by atoms with Crippen LogP contribution in [0.3, 0.4) is 0 Å². The minimum Gasteiger partial charge on any atom is -0.493 e. The average Bonchev–Trinajstić information content (AvgIpc) is 3.26. The standard InChI is InChI=1S/C23H28N2O5/c1-28-15-21(26)24-17-7-9-18(10-8-17)25-22(27)23(12-4-5-13-23)16-6-11-19(29-2)20(14-16)30-3/h6-11,14H,4-5,12-13,15H2,1-3H3,(H,24,26)(H,25,27). The van der Waals surface area contributed by atoms with E-state index in [2.05, 4.69) is 10.6 Å². The molecule has 0 bridgehead atoms. The zero-order valence-electron chi connectivity index (χ0n) is 17.6. The molecule has 30 heavy (non-hydrogen) atoms. The van der Waals surface area contributed by atoms with E-state index in [0.29, 0.717) is 22.9 Å². The molecule has 1 fully saturated rings. The average molecular weight is 412 g/mol. The first-order valence-corrected chi connectivity index (χ1v) is 9.95. The van der Waals surface area contributed by atoms with Crippen LogP contribution < -0.4 is 20.1 Å². The number of hydrogen-bond acceptors (Lipinski definition) is 5. The maximum atomic E-state index is 13.4. The molecule has 7 nitrogen and oxygen atoms in total. The van der Waals surface area contributed by atoms with Crippen molar-refractivity contribution < 1.29 is 23.8 Å². The molecule has 0 saturated heterocycles. The molecule has 1 saturated carbocycles. The Morgan fingerprint density at radius 2 is 1.47 bits per heavy atom. The van der Waals surface area contributed by atoms with Gasteiger partial charge in [0.15, 0.2) is 11.5 Å². The monoisotopic (exact) mass is 412 g/mol. The summed E-state index contributed by atoms with van der Waals surface area (Å²) in [5, 5.41) is 5.78. The molecule has 0 aromatic heterocycles. The van der Waals surface area contributed by atoms with E-state index in [0.717, 1.165) is 31.2 Å². The van der Waals surface area contributed by atoms with Crippen molar-refractivity contribution in [2.24, 2.45) is 0 Å². The number of carbonyl (C=O) groups excluding carboxylic acids is 2. The van der Waals surface area contributed by atoms with Gasteiger partial charge >= 0.3 is 0 Å². The minimum absolute atomic E-state index is 0.00761. The molecule has 7 heteroatoms. The van der Waals surface area contributed by atoms with Gasteiger partial charge in [0.1, 0.15) is 6.61 Å². The summed E-state index contributed by atoms with van der Waals surface area (Å²) in [5.41, 5.74) is 1.64. The summed E-state index contributed by atoms with van der Waals surface area (Å²) in [6, 6.07) is 12.7. The van der Waals surface area contributed by atoms with Crippen molar-refractivity contribution in [3.8, 4) is 11.5 Å². The van der Waals surface area contributed by atoms with Gasteiger partial charge in [-0.1, -0.05) is 18.9 Å². The number of amides is 2. The fourth-order valence-electron chi connectivity index (χ4n) is 3.98. The minimum atomic E-state index is -0.606. The third-order valence-electron chi connectivity index (χ3n) is 5.53. The summed E-state index contributed by atoms with van der Waals surface area (Å²) in [7, 11) is 4.66. The number of ether oxygens (including phenoxy) is 3. The highest BCUT2D eigenvalue weighted by atomic mass is 16.5. The number of methoxy groups -OCH3 is 3. The Hall–Kier alpha value is -3.06. The second-order valence-corrected chi connectivity index (χ2v) is 7.37. The number of benzene rings is 2. The third-order valence-corrected chi connectivity index (χ3v) is 5.53. The van der Waals surface area contributed by atoms with E-state index in [1.165, 1.54) is 7.11 Å². The van der Waals surface area contributed by atoms with Gasteiger partial charge in [0.05, 0.1) is 19.6 Å². The Balaban J connectivity index is 1.79. The van der Waals surface area contributed by atoms with Crippen molar-refractivity contribution >= 4 is 23.2 Å². The van der Waals surface area contributed by atoms with E-state index >= 15 is 0 Å². The molecule has 2 aromatic carbocycles. The third kappa shape index (κ3) is 4.57. The smallest absolute Gasteiger partial charge is 0.250 e. The van der Waals surface area contributed by atoms with Gasteiger partial charge < -0.3 is 24.8 Å². The van der Waals surface area contributed by atoms with Crippen LogP contribution in [0.5, 0.6) is 11.5 Å². The zero-order chi connectivity index (χ0) is 21.6. The largest absolute Gasteiger partial charge is 0.493 e. The Morgan fingerprint density at radius 1 is 0.867 bits per heavy atom. The van der Waals surface area contributed by atoms with Gasteiger partial charge in [0.2, 0.25) is 11.8 Å². The van der Waals surface area contributed by atoms with Crippen LogP contribution in [0.1, 0.15) is 31.2 Å². The van der Waals surface area contributed by atoms with Crippen molar-refractivity contribution in [1.82, 2.24) is 0 Å². The van der Waals surface area contributed by atoms with Crippen molar-refractivity contribution in [2.75, 3.05) is 38.6 Å². The number of anilines is 2. The second-order valence-electron chi connectivity index (χ2n) is 7.37. The first kappa shape index (κ1) is 21.6. The van der Waals surface area contributed by atoms with E-state index in [1.807, 2.05) is 18.2 Å². The van der Waals surface area contributed by atoms with Gasteiger partial charge in [0, 0.05) is 18.5 Å². The van der Waals surface area contributed by atoms with E-state index < -0.39 is 5.41 Å². The maximum Gasteiger partial charge on any atom is 0.250 e. The number of rotatable bonds is 8. The van der Waals surface area contributed by atoms with Gasteiger partial charge in [0.25, 0.3) is 0 Å². The fourth-order valence-corrected chi connectivity index (χ4v) is 3.98. The molecule has 0 spiro atoms. The summed E-state index contributed by atoms with van der Waals surface area (Å²) >= 11 is 0. The topological polar surface area (TPSA) is 85.9 Å². The molecular weight excluding hydrogens is 384 g/mol. The summed E-state index contributed by atoms with van der Waals surface area (Å²) in [6.07, 6.45) is 3.54. The highest BCUT2D eigenvalue weighted by molar-refractivity contribution is 6.00. The Bertz CT molecular complexity index is 889. The molecular formula is C23H28N2O5. The molecule has 1 aliphatic rings. The van der Waals surface area contributed by atoms with E-state index in [4.69, 9.17) is 14.2 Å². The van der Waals surface area contributed by atoms with Crippen molar-refractivity contribution in [1.29, 1.82) is 0 Å². The highest BCUT2D eigenvalue weighted by Gasteiger charge is 2.43. The lowest BCUT2D eigenvalue weighted by molar-refractivity contribution is -0.121. The first-order chi connectivity index (χ1) is 14.5. The first-order valence-electron chi connectivity index (χ1n) is 9.95. The van der Waals surface area contributed by atoms with Crippen LogP contribution in [0, 0.1) is 0 Å². The molecule has 2 N–H and O–H groups in total.